The highest BCUT2D eigenvalue weighted by Crippen LogP contribution is 2.30. The SMILES string of the molecule is O=C(NCC(=O)N1CCOCC1)[C@@H]1CC[C@@H]2CN1C(=O)N2OCc1ccccc1. The third-order valence-electron chi connectivity index (χ3n) is 5.62. The molecular weight excluding hydrogens is 376 g/mol. The van der Waals surface area contributed by atoms with Gasteiger partial charge >= 0.3 is 6.03 Å². The molecule has 0 aliphatic carbocycles. The van der Waals surface area contributed by atoms with Crippen molar-refractivity contribution in [3.05, 3.63) is 35.9 Å². The van der Waals surface area contributed by atoms with Gasteiger partial charge in [-0.3, -0.25) is 14.4 Å². The van der Waals surface area contributed by atoms with Gasteiger partial charge in [-0.1, -0.05) is 30.3 Å². The summed E-state index contributed by atoms with van der Waals surface area (Å²) in [7, 11) is 0. The summed E-state index contributed by atoms with van der Waals surface area (Å²) in [6.07, 6.45) is 1.24. The number of morpholine rings is 1. The molecule has 4 amide bonds. The Labute approximate surface area is 169 Å². The highest BCUT2D eigenvalue weighted by molar-refractivity contribution is 5.91. The van der Waals surface area contributed by atoms with Gasteiger partial charge < -0.3 is 19.9 Å². The molecule has 4 rings (SSSR count). The van der Waals surface area contributed by atoms with Gasteiger partial charge in [0.15, 0.2) is 0 Å². The number of carbonyl (C=O) groups excluding carboxylic acids is 3. The number of hydrogen-bond acceptors (Lipinski definition) is 5. The number of carbonyl (C=O) groups is 3. The van der Waals surface area contributed by atoms with Crippen LogP contribution < -0.4 is 5.32 Å². The van der Waals surface area contributed by atoms with Gasteiger partial charge in [-0.25, -0.2) is 4.79 Å². The molecule has 1 N–H and O–H groups in total. The van der Waals surface area contributed by atoms with Crippen LogP contribution in [-0.2, 0) is 25.8 Å². The Kier molecular flexibility index (Phi) is 5.96. The van der Waals surface area contributed by atoms with E-state index in [4.69, 9.17) is 9.57 Å². The molecule has 3 aliphatic rings. The quantitative estimate of drug-likeness (QED) is 0.742. The number of nitrogens with one attached hydrogen (secondary N) is 1. The van der Waals surface area contributed by atoms with Gasteiger partial charge in [-0.2, -0.15) is 5.06 Å². The average molecular weight is 402 g/mol. The van der Waals surface area contributed by atoms with E-state index < -0.39 is 6.04 Å². The van der Waals surface area contributed by atoms with Crippen molar-refractivity contribution < 1.29 is 24.0 Å². The van der Waals surface area contributed by atoms with Gasteiger partial charge in [0.2, 0.25) is 11.8 Å². The first-order valence-corrected chi connectivity index (χ1v) is 10.0. The van der Waals surface area contributed by atoms with E-state index in [2.05, 4.69) is 5.32 Å². The number of benzene rings is 1. The molecule has 0 spiro atoms. The van der Waals surface area contributed by atoms with Gasteiger partial charge in [-0.15, -0.1) is 0 Å². The largest absolute Gasteiger partial charge is 0.378 e. The van der Waals surface area contributed by atoms with Crippen LogP contribution >= 0.6 is 0 Å². The molecular formula is C20H26N4O5. The van der Waals surface area contributed by atoms with Crippen LogP contribution in [0.4, 0.5) is 4.79 Å². The normalized spacial score (nSPS) is 24.0. The lowest BCUT2D eigenvalue weighted by Crippen LogP contribution is -2.52. The lowest BCUT2D eigenvalue weighted by atomic mass is 10.0. The maximum Gasteiger partial charge on any atom is 0.345 e. The summed E-state index contributed by atoms with van der Waals surface area (Å²) < 4.78 is 5.23. The van der Waals surface area contributed by atoms with Crippen LogP contribution in [0.1, 0.15) is 18.4 Å². The molecule has 156 valence electrons. The van der Waals surface area contributed by atoms with Crippen LogP contribution in [0.15, 0.2) is 30.3 Å². The number of hydrogen-bond donors (Lipinski definition) is 1. The Balaban J connectivity index is 1.29. The topological polar surface area (TPSA) is 91.4 Å². The van der Waals surface area contributed by atoms with Crippen LogP contribution in [0.3, 0.4) is 0 Å². The first kappa shape index (κ1) is 19.7. The van der Waals surface area contributed by atoms with Crippen molar-refractivity contribution in [2.24, 2.45) is 0 Å². The second-order valence-corrected chi connectivity index (χ2v) is 7.48. The fraction of sp³-hybridized carbons (Fsp3) is 0.550. The van der Waals surface area contributed by atoms with Gasteiger partial charge in [-0.05, 0) is 18.4 Å². The molecule has 9 heteroatoms. The third-order valence-corrected chi connectivity index (χ3v) is 5.62. The predicted molar refractivity (Wildman–Crippen MR) is 102 cm³/mol. The zero-order chi connectivity index (χ0) is 20.2. The zero-order valence-corrected chi connectivity index (χ0v) is 16.3. The van der Waals surface area contributed by atoms with Crippen molar-refractivity contribution >= 4 is 17.8 Å². The molecule has 0 saturated carbocycles. The van der Waals surface area contributed by atoms with E-state index in [9.17, 15) is 14.4 Å². The van der Waals surface area contributed by atoms with E-state index in [1.54, 1.807) is 9.80 Å². The van der Waals surface area contributed by atoms with Crippen molar-refractivity contribution in [3.8, 4) is 0 Å². The molecule has 3 saturated heterocycles. The van der Waals surface area contributed by atoms with E-state index in [1.807, 2.05) is 30.3 Å². The second kappa shape index (κ2) is 8.79. The fourth-order valence-corrected chi connectivity index (χ4v) is 3.99. The Hall–Kier alpha value is -2.65. The summed E-state index contributed by atoms with van der Waals surface area (Å²) in [6, 6.07) is 8.74. The molecule has 0 aromatic heterocycles. The standard InChI is InChI=1S/C20H26N4O5/c25-18(22-8-10-28-11-9-22)12-21-19(26)17-7-6-16-13-23(17)20(27)24(16)29-14-15-4-2-1-3-5-15/h1-5,16-17H,6-14H2,(H,21,26)/t16-,17+/m1/s1. The number of hydroxylamine groups is 2. The van der Waals surface area contributed by atoms with E-state index in [1.165, 1.54) is 5.06 Å². The Morgan fingerprint density at radius 3 is 2.66 bits per heavy atom. The molecule has 0 radical (unpaired) electrons. The van der Waals surface area contributed by atoms with E-state index >= 15 is 0 Å². The molecule has 2 bridgehead atoms. The number of fused-ring (bicyclic) bond motifs is 2. The monoisotopic (exact) mass is 402 g/mol. The Morgan fingerprint density at radius 1 is 1.14 bits per heavy atom. The summed E-state index contributed by atoms with van der Waals surface area (Å²) in [5.41, 5.74) is 0.979. The minimum Gasteiger partial charge on any atom is -0.378 e. The smallest absolute Gasteiger partial charge is 0.345 e. The van der Waals surface area contributed by atoms with E-state index in [0.29, 0.717) is 52.3 Å². The summed E-state index contributed by atoms with van der Waals surface area (Å²) in [5.74, 6) is -0.417. The van der Waals surface area contributed by atoms with Crippen LogP contribution in [0.5, 0.6) is 0 Å². The number of nitrogens with zero attached hydrogens (tertiary/aromatic N) is 3. The van der Waals surface area contributed by atoms with Crippen molar-refractivity contribution in [2.45, 2.75) is 31.5 Å². The highest BCUT2D eigenvalue weighted by atomic mass is 16.7. The maximum atomic E-state index is 12.8. The van der Waals surface area contributed by atoms with Crippen LogP contribution in [0, 0.1) is 0 Å². The van der Waals surface area contributed by atoms with Crippen molar-refractivity contribution in [1.82, 2.24) is 20.2 Å². The third kappa shape index (κ3) is 4.35. The maximum absolute atomic E-state index is 12.8. The summed E-state index contributed by atoms with van der Waals surface area (Å²) in [6.45, 7) is 2.83. The molecule has 3 heterocycles. The lowest BCUT2D eigenvalue weighted by Gasteiger charge is -2.30. The van der Waals surface area contributed by atoms with Crippen LogP contribution in [0.2, 0.25) is 0 Å². The van der Waals surface area contributed by atoms with Crippen molar-refractivity contribution in [1.29, 1.82) is 0 Å². The van der Waals surface area contributed by atoms with E-state index in [0.717, 1.165) is 5.56 Å². The minimum absolute atomic E-state index is 0.0507. The number of ether oxygens (including phenoxy) is 1. The summed E-state index contributed by atoms with van der Waals surface area (Å²) in [5, 5.41) is 4.10. The predicted octanol–water partition coefficient (Wildman–Crippen LogP) is 0.362. The molecule has 3 aliphatic heterocycles. The van der Waals surface area contributed by atoms with Gasteiger partial charge in [0.25, 0.3) is 0 Å². The Bertz CT molecular complexity index is 752. The van der Waals surface area contributed by atoms with Gasteiger partial charge in [0, 0.05) is 19.6 Å². The average Bonchev–Trinajstić information content (AvgIpc) is 3.01. The summed E-state index contributed by atoms with van der Waals surface area (Å²) >= 11 is 0. The first-order chi connectivity index (χ1) is 14.1. The molecule has 3 fully saturated rings. The first-order valence-electron chi connectivity index (χ1n) is 10.0. The zero-order valence-electron chi connectivity index (χ0n) is 16.3. The molecule has 1 aromatic rings. The summed E-state index contributed by atoms with van der Waals surface area (Å²) in [4.78, 5) is 46.6. The minimum atomic E-state index is -0.568. The number of amides is 4. The number of piperidine rings is 1. The lowest BCUT2D eigenvalue weighted by molar-refractivity contribution is -0.140. The fourth-order valence-electron chi connectivity index (χ4n) is 3.99. The Morgan fingerprint density at radius 2 is 1.90 bits per heavy atom. The van der Waals surface area contributed by atoms with Gasteiger partial charge in [0.05, 0.1) is 25.8 Å². The number of rotatable bonds is 6. The number of urea groups is 1. The molecule has 29 heavy (non-hydrogen) atoms. The molecule has 0 unspecified atom stereocenters. The molecule has 2 atom stereocenters. The second-order valence-electron chi connectivity index (χ2n) is 7.48. The van der Waals surface area contributed by atoms with E-state index in [-0.39, 0.29) is 30.4 Å². The molecule has 1 aromatic carbocycles. The van der Waals surface area contributed by atoms with Gasteiger partial charge in [0.1, 0.15) is 12.6 Å². The van der Waals surface area contributed by atoms with Crippen LogP contribution in [-0.4, -0.2) is 84.2 Å². The highest BCUT2D eigenvalue weighted by Gasteiger charge is 2.47. The molecule has 9 nitrogen and oxygen atoms in total. The van der Waals surface area contributed by atoms with Crippen molar-refractivity contribution in [3.63, 3.8) is 0 Å². The van der Waals surface area contributed by atoms with Crippen LogP contribution in [0.25, 0.3) is 0 Å². The van der Waals surface area contributed by atoms with Crippen molar-refractivity contribution in [2.75, 3.05) is 39.4 Å².